The number of nitrogens with zero attached hydrogens (tertiary/aromatic N) is 2. The van der Waals surface area contributed by atoms with Crippen molar-refractivity contribution < 1.29 is 4.79 Å². The van der Waals surface area contributed by atoms with Crippen LogP contribution in [0.15, 0.2) is 30.3 Å². The average Bonchev–Trinajstić information content (AvgIpc) is 2.56. The van der Waals surface area contributed by atoms with Crippen LogP contribution in [0.1, 0.15) is 31.2 Å². The fourth-order valence-corrected chi connectivity index (χ4v) is 3.85. The monoisotopic (exact) mass is 301 g/mol. The standard InChI is InChI=1S/C18H27N3O/c19-18(22)16-7-4-10-21(14-16)17-8-11-20(12-9-17)13-15-5-2-1-3-6-15/h1-3,5-6,16-17H,4,7-14H2,(H2,19,22)/t16-/m0/s1. The van der Waals surface area contributed by atoms with Crippen LogP contribution in [0, 0.1) is 5.92 Å². The van der Waals surface area contributed by atoms with Crippen LogP contribution >= 0.6 is 0 Å². The molecule has 120 valence electrons. The molecule has 1 atom stereocenters. The van der Waals surface area contributed by atoms with Gasteiger partial charge >= 0.3 is 0 Å². The van der Waals surface area contributed by atoms with E-state index in [0.29, 0.717) is 6.04 Å². The lowest BCUT2D eigenvalue weighted by Gasteiger charge is -2.41. The highest BCUT2D eigenvalue weighted by Gasteiger charge is 2.30. The van der Waals surface area contributed by atoms with Crippen LogP contribution in [-0.4, -0.2) is 47.9 Å². The van der Waals surface area contributed by atoms with Gasteiger partial charge in [0.15, 0.2) is 0 Å². The van der Waals surface area contributed by atoms with E-state index >= 15 is 0 Å². The van der Waals surface area contributed by atoms with Gasteiger partial charge in [-0.05, 0) is 50.9 Å². The fourth-order valence-electron chi connectivity index (χ4n) is 3.85. The minimum Gasteiger partial charge on any atom is -0.369 e. The maximum absolute atomic E-state index is 11.4. The van der Waals surface area contributed by atoms with E-state index in [1.807, 2.05) is 0 Å². The molecule has 0 unspecified atom stereocenters. The van der Waals surface area contributed by atoms with Gasteiger partial charge in [0.25, 0.3) is 0 Å². The number of carbonyl (C=O) groups excluding carboxylic acids is 1. The normalized spacial score (nSPS) is 25.2. The molecule has 1 amide bonds. The Kier molecular flexibility index (Phi) is 5.11. The average molecular weight is 301 g/mol. The molecule has 22 heavy (non-hydrogen) atoms. The molecule has 1 aromatic carbocycles. The Balaban J connectivity index is 1.48. The van der Waals surface area contributed by atoms with Crippen molar-refractivity contribution in [2.24, 2.45) is 11.7 Å². The van der Waals surface area contributed by atoms with Gasteiger partial charge in [0, 0.05) is 19.1 Å². The molecule has 4 nitrogen and oxygen atoms in total. The smallest absolute Gasteiger partial charge is 0.221 e. The van der Waals surface area contributed by atoms with Crippen molar-refractivity contribution in [3.05, 3.63) is 35.9 Å². The maximum atomic E-state index is 11.4. The lowest BCUT2D eigenvalue weighted by Crippen LogP contribution is -2.50. The molecular weight excluding hydrogens is 274 g/mol. The molecule has 2 fully saturated rings. The summed E-state index contributed by atoms with van der Waals surface area (Å²) < 4.78 is 0. The topological polar surface area (TPSA) is 49.6 Å². The van der Waals surface area contributed by atoms with Crippen molar-refractivity contribution in [2.75, 3.05) is 26.2 Å². The van der Waals surface area contributed by atoms with Gasteiger partial charge in [-0.25, -0.2) is 0 Å². The molecule has 0 aliphatic carbocycles. The van der Waals surface area contributed by atoms with Gasteiger partial charge in [0.1, 0.15) is 0 Å². The van der Waals surface area contributed by atoms with Gasteiger partial charge in [0.2, 0.25) is 5.91 Å². The number of nitrogens with two attached hydrogens (primary N) is 1. The molecular formula is C18H27N3O. The van der Waals surface area contributed by atoms with Crippen molar-refractivity contribution in [1.82, 2.24) is 9.80 Å². The molecule has 2 heterocycles. The Morgan fingerprint density at radius 1 is 1.09 bits per heavy atom. The third-order valence-electron chi connectivity index (χ3n) is 5.18. The molecule has 2 aliphatic rings. The lowest BCUT2D eigenvalue weighted by atomic mass is 9.93. The van der Waals surface area contributed by atoms with Crippen LogP contribution in [0.3, 0.4) is 0 Å². The van der Waals surface area contributed by atoms with E-state index in [2.05, 4.69) is 40.1 Å². The van der Waals surface area contributed by atoms with Gasteiger partial charge in [-0.1, -0.05) is 30.3 Å². The van der Waals surface area contributed by atoms with E-state index in [-0.39, 0.29) is 11.8 Å². The summed E-state index contributed by atoms with van der Waals surface area (Å²) >= 11 is 0. The lowest BCUT2D eigenvalue weighted by molar-refractivity contribution is -0.123. The SMILES string of the molecule is NC(=O)[C@H]1CCCN(C2CCN(Cc3ccccc3)CC2)C1. The number of carbonyl (C=O) groups is 1. The Labute approximate surface area is 133 Å². The van der Waals surface area contributed by atoms with Crippen molar-refractivity contribution in [3.8, 4) is 0 Å². The van der Waals surface area contributed by atoms with Gasteiger partial charge in [-0.15, -0.1) is 0 Å². The summed E-state index contributed by atoms with van der Waals surface area (Å²) in [5.74, 6) is -0.0534. The first-order chi connectivity index (χ1) is 10.7. The van der Waals surface area contributed by atoms with Crippen LogP contribution in [-0.2, 0) is 11.3 Å². The van der Waals surface area contributed by atoms with Crippen molar-refractivity contribution in [1.29, 1.82) is 0 Å². The minimum absolute atomic E-state index is 0.0658. The molecule has 0 spiro atoms. The second-order valence-corrected chi connectivity index (χ2v) is 6.73. The van der Waals surface area contributed by atoms with Crippen molar-refractivity contribution in [2.45, 2.75) is 38.3 Å². The summed E-state index contributed by atoms with van der Waals surface area (Å²) in [5.41, 5.74) is 6.89. The highest BCUT2D eigenvalue weighted by Crippen LogP contribution is 2.24. The number of amides is 1. The molecule has 0 aromatic heterocycles. The molecule has 2 N–H and O–H groups in total. The summed E-state index contributed by atoms with van der Waals surface area (Å²) in [7, 11) is 0. The summed E-state index contributed by atoms with van der Waals surface area (Å²) in [6, 6.07) is 11.3. The zero-order valence-corrected chi connectivity index (χ0v) is 13.3. The van der Waals surface area contributed by atoms with Gasteiger partial charge in [-0.3, -0.25) is 14.6 Å². The Hall–Kier alpha value is -1.39. The predicted octanol–water partition coefficient (Wildman–Crippen LogP) is 1.85. The van der Waals surface area contributed by atoms with Gasteiger partial charge in [0.05, 0.1) is 5.92 Å². The van der Waals surface area contributed by atoms with E-state index < -0.39 is 0 Å². The molecule has 2 aliphatic heterocycles. The van der Waals surface area contributed by atoms with E-state index in [1.165, 1.54) is 18.4 Å². The number of rotatable bonds is 4. The Morgan fingerprint density at radius 3 is 2.50 bits per heavy atom. The summed E-state index contributed by atoms with van der Waals surface area (Å²) in [4.78, 5) is 16.5. The van der Waals surface area contributed by atoms with Crippen molar-refractivity contribution >= 4 is 5.91 Å². The number of piperidine rings is 2. The maximum Gasteiger partial charge on any atom is 0.221 e. The minimum atomic E-state index is -0.119. The fraction of sp³-hybridized carbons (Fsp3) is 0.611. The van der Waals surface area contributed by atoms with Crippen LogP contribution in [0.5, 0.6) is 0 Å². The first-order valence-corrected chi connectivity index (χ1v) is 8.52. The molecule has 0 bridgehead atoms. The third-order valence-corrected chi connectivity index (χ3v) is 5.18. The molecule has 2 saturated heterocycles. The highest BCUT2D eigenvalue weighted by atomic mass is 16.1. The van der Waals surface area contributed by atoms with Crippen LogP contribution in [0.2, 0.25) is 0 Å². The molecule has 3 rings (SSSR count). The van der Waals surface area contributed by atoms with Gasteiger partial charge in [-0.2, -0.15) is 0 Å². The number of likely N-dealkylation sites (tertiary alicyclic amines) is 2. The zero-order valence-electron chi connectivity index (χ0n) is 13.3. The summed E-state index contributed by atoms with van der Waals surface area (Å²) in [6.45, 7) is 5.36. The predicted molar refractivity (Wildman–Crippen MR) is 88.2 cm³/mol. The summed E-state index contributed by atoms with van der Waals surface area (Å²) in [6.07, 6.45) is 4.49. The van der Waals surface area contributed by atoms with Crippen LogP contribution < -0.4 is 5.73 Å². The quantitative estimate of drug-likeness (QED) is 0.923. The summed E-state index contributed by atoms with van der Waals surface area (Å²) in [5, 5.41) is 0. The Bertz CT molecular complexity index is 482. The second kappa shape index (κ2) is 7.25. The number of hydrogen-bond donors (Lipinski definition) is 1. The van der Waals surface area contributed by atoms with E-state index in [4.69, 9.17) is 5.73 Å². The second-order valence-electron chi connectivity index (χ2n) is 6.73. The van der Waals surface area contributed by atoms with E-state index in [1.54, 1.807) is 0 Å². The van der Waals surface area contributed by atoms with E-state index in [0.717, 1.165) is 45.6 Å². The van der Waals surface area contributed by atoms with E-state index in [9.17, 15) is 4.79 Å². The molecule has 0 saturated carbocycles. The van der Waals surface area contributed by atoms with Crippen LogP contribution in [0.4, 0.5) is 0 Å². The van der Waals surface area contributed by atoms with Crippen molar-refractivity contribution in [3.63, 3.8) is 0 Å². The number of benzene rings is 1. The number of primary amides is 1. The Morgan fingerprint density at radius 2 is 1.82 bits per heavy atom. The largest absolute Gasteiger partial charge is 0.369 e. The highest BCUT2D eigenvalue weighted by molar-refractivity contribution is 5.76. The molecule has 1 aromatic rings. The molecule has 4 heteroatoms. The van der Waals surface area contributed by atoms with Gasteiger partial charge < -0.3 is 5.73 Å². The third kappa shape index (κ3) is 3.87. The molecule has 0 radical (unpaired) electrons. The number of hydrogen-bond acceptors (Lipinski definition) is 3. The zero-order chi connectivity index (χ0) is 15.4. The first kappa shape index (κ1) is 15.5. The van der Waals surface area contributed by atoms with Crippen LogP contribution in [0.25, 0.3) is 0 Å². The first-order valence-electron chi connectivity index (χ1n) is 8.52.